The Hall–Kier alpha value is -0.850. The third kappa shape index (κ3) is 1.84. The molecule has 0 aromatic carbocycles. The summed E-state index contributed by atoms with van der Waals surface area (Å²) in [6.45, 7) is 2.02. The first-order valence-corrected chi connectivity index (χ1v) is 4.13. The lowest BCUT2D eigenvalue weighted by atomic mass is 10.7. The van der Waals surface area contributed by atoms with Crippen LogP contribution in [0.25, 0.3) is 0 Å². The van der Waals surface area contributed by atoms with E-state index in [0.717, 1.165) is 4.57 Å². The largest absolute Gasteiger partial charge is 0.343 e. The lowest BCUT2D eigenvalue weighted by Crippen LogP contribution is -2.16. The van der Waals surface area contributed by atoms with Crippen molar-refractivity contribution in [2.24, 2.45) is 0 Å². The number of aromatic nitrogens is 3. The highest BCUT2D eigenvalue weighted by Gasteiger charge is 2.12. The molecule has 0 saturated heterocycles. The maximum atomic E-state index is 11.8. The Labute approximate surface area is 71.0 Å². The third-order valence-electron chi connectivity index (χ3n) is 1.23. The monoisotopic (exact) mass is 195 g/mol. The highest BCUT2D eigenvalue weighted by Crippen LogP contribution is 2.21. The van der Waals surface area contributed by atoms with E-state index >= 15 is 0 Å². The maximum absolute atomic E-state index is 11.8. The molecule has 0 bridgehead atoms. The first kappa shape index (κ1) is 9.24. The number of aromatic amines is 1. The molecule has 4 nitrogen and oxygen atoms in total. The van der Waals surface area contributed by atoms with E-state index < -0.39 is 11.4 Å². The van der Waals surface area contributed by atoms with Gasteiger partial charge in [0.2, 0.25) is 0 Å². The Morgan fingerprint density at radius 1 is 1.75 bits per heavy atom. The molecule has 1 aromatic heterocycles. The molecular weight excluding hydrogens is 188 g/mol. The molecule has 0 atom stereocenters. The van der Waals surface area contributed by atoms with E-state index in [2.05, 4.69) is 10.2 Å². The van der Waals surface area contributed by atoms with Gasteiger partial charge >= 0.3 is 5.69 Å². The second-order valence-electron chi connectivity index (χ2n) is 1.93. The van der Waals surface area contributed by atoms with Crippen molar-refractivity contribution < 1.29 is 8.78 Å². The second kappa shape index (κ2) is 3.70. The maximum Gasteiger partial charge on any atom is 0.343 e. The zero-order valence-electron chi connectivity index (χ0n) is 6.25. The molecule has 0 aliphatic rings. The summed E-state index contributed by atoms with van der Waals surface area (Å²) in [5, 5.41) is 5.56. The van der Waals surface area contributed by atoms with E-state index in [0.29, 0.717) is 6.54 Å². The number of alkyl halides is 2. The number of nitrogens with zero attached hydrogens (tertiary/aromatic N) is 2. The molecule has 0 unspecified atom stereocenters. The zero-order chi connectivity index (χ0) is 9.14. The molecular formula is C5H7F2N3OS. The van der Waals surface area contributed by atoms with Gasteiger partial charge in [0.15, 0.2) is 5.16 Å². The quantitative estimate of drug-likeness (QED) is 0.729. The number of halogens is 2. The van der Waals surface area contributed by atoms with Crippen molar-refractivity contribution in [2.75, 3.05) is 0 Å². The normalized spacial score (nSPS) is 11.0. The highest BCUT2D eigenvalue weighted by molar-refractivity contribution is 7.99. The molecule has 0 aliphatic heterocycles. The Morgan fingerprint density at radius 2 is 2.42 bits per heavy atom. The van der Waals surface area contributed by atoms with Crippen LogP contribution in [0.4, 0.5) is 8.78 Å². The molecule has 0 radical (unpaired) electrons. The summed E-state index contributed by atoms with van der Waals surface area (Å²) in [4.78, 5) is 10.8. The Morgan fingerprint density at radius 3 is 2.92 bits per heavy atom. The van der Waals surface area contributed by atoms with Crippen LogP contribution < -0.4 is 5.69 Å². The Bertz CT molecular complexity index is 308. The number of nitrogens with one attached hydrogen (secondary N) is 1. The van der Waals surface area contributed by atoms with Gasteiger partial charge in [-0.25, -0.2) is 9.89 Å². The molecule has 0 fully saturated rings. The van der Waals surface area contributed by atoms with Crippen molar-refractivity contribution in [3.8, 4) is 0 Å². The smallest absolute Gasteiger partial charge is 0.270 e. The van der Waals surface area contributed by atoms with Crippen LogP contribution in [-0.2, 0) is 6.54 Å². The lowest BCUT2D eigenvalue weighted by molar-refractivity contribution is 0.251. The van der Waals surface area contributed by atoms with Gasteiger partial charge in [0.1, 0.15) is 0 Å². The number of H-pyrrole nitrogens is 1. The predicted molar refractivity (Wildman–Crippen MR) is 40.4 cm³/mol. The van der Waals surface area contributed by atoms with Gasteiger partial charge in [0.25, 0.3) is 5.76 Å². The Kier molecular flexibility index (Phi) is 2.85. The average molecular weight is 195 g/mol. The van der Waals surface area contributed by atoms with Crippen LogP contribution in [0.1, 0.15) is 6.92 Å². The summed E-state index contributed by atoms with van der Waals surface area (Å²) >= 11 is 0.258. The van der Waals surface area contributed by atoms with Gasteiger partial charge in [-0.15, -0.1) is 5.10 Å². The fourth-order valence-corrected chi connectivity index (χ4v) is 1.35. The van der Waals surface area contributed by atoms with Crippen LogP contribution >= 0.6 is 11.8 Å². The van der Waals surface area contributed by atoms with E-state index in [4.69, 9.17) is 0 Å². The minimum absolute atomic E-state index is 0.0255. The predicted octanol–water partition coefficient (Wildman–Crippen LogP) is 0.906. The Balaban J connectivity index is 2.92. The first-order valence-electron chi connectivity index (χ1n) is 3.25. The van der Waals surface area contributed by atoms with Gasteiger partial charge in [0, 0.05) is 6.54 Å². The number of thioether (sulfide) groups is 1. The standard InChI is InChI=1S/C5H7F2N3OS/c1-2-10-4(11)8-9-5(10)12-3(6)7/h3H,2H2,1H3,(H,8,11). The van der Waals surface area contributed by atoms with Crippen molar-refractivity contribution in [3.63, 3.8) is 0 Å². The van der Waals surface area contributed by atoms with Crippen molar-refractivity contribution in [2.45, 2.75) is 24.4 Å². The average Bonchev–Trinajstić information content (AvgIpc) is 2.30. The van der Waals surface area contributed by atoms with Crippen LogP contribution in [0.15, 0.2) is 9.95 Å². The molecule has 0 aliphatic carbocycles. The van der Waals surface area contributed by atoms with Gasteiger partial charge in [-0.05, 0) is 18.7 Å². The summed E-state index contributed by atoms with van der Waals surface area (Å²) in [5.74, 6) is -2.55. The van der Waals surface area contributed by atoms with E-state index in [9.17, 15) is 13.6 Å². The van der Waals surface area contributed by atoms with Gasteiger partial charge < -0.3 is 0 Å². The molecule has 1 heterocycles. The minimum atomic E-state index is -2.55. The van der Waals surface area contributed by atoms with Gasteiger partial charge in [-0.2, -0.15) is 8.78 Å². The van der Waals surface area contributed by atoms with Gasteiger partial charge in [0.05, 0.1) is 0 Å². The molecule has 0 spiro atoms. The summed E-state index contributed by atoms with van der Waals surface area (Å²) < 4.78 is 24.8. The van der Waals surface area contributed by atoms with Gasteiger partial charge in [-0.1, -0.05) is 0 Å². The highest BCUT2D eigenvalue weighted by atomic mass is 32.2. The van der Waals surface area contributed by atoms with E-state index in [1.165, 1.54) is 0 Å². The molecule has 0 amide bonds. The number of hydrogen-bond acceptors (Lipinski definition) is 3. The number of hydrogen-bond donors (Lipinski definition) is 1. The van der Waals surface area contributed by atoms with Gasteiger partial charge in [-0.3, -0.25) is 4.57 Å². The summed E-state index contributed by atoms with van der Waals surface area (Å²) in [6, 6.07) is 0. The molecule has 1 N–H and O–H groups in total. The molecule has 7 heteroatoms. The van der Waals surface area contributed by atoms with Crippen molar-refractivity contribution >= 4 is 11.8 Å². The van der Waals surface area contributed by atoms with Crippen LogP contribution in [0.2, 0.25) is 0 Å². The summed E-state index contributed by atoms with van der Waals surface area (Å²) in [7, 11) is 0. The fourth-order valence-electron chi connectivity index (χ4n) is 0.752. The summed E-state index contributed by atoms with van der Waals surface area (Å²) in [6.07, 6.45) is 0. The van der Waals surface area contributed by atoms with E-state index in [1.807, 2.05) is 0 Å². The molecule has 12 heavy (non-hydrogen) atoms. The van der Waals surface area contributed by atoms with Crippen molar-refractivity contribution in [1.29, 1.82) is 0 Å². The van der Waals surface area contributed by atoms with Crippen LogP contribution in [0, 0.1) is 0 Å². The molecule has 1 aromatic rings. The lowest BCUT2D eigenvalue weighted by Gasteiger charge is -1.99. The van der Waals surface area contributed by atoms with Crippen LogP contribution in [0.5, 0.6) is 0 Å². The zero-order valence-corrected chi connectivity index (χ0v) is 7.07. The SMILES string of the molecule is CCn1c(SC(F)F)n[nH]c1=O. The summed E-state index contributed by atoms with van der Waals surface area (Å²) in [5.41, 5.74) is -0.458. The molecule has 0 saturated carbocycles. The topological polar surface area (TPSA) is 50.7 Å². The molecule has 1 rings (SSSR count). The van der Waals surface area contributed by atoms with Crippen molar-refractivity contribution in [1.82, 2.24) is 14.8 Å². The van der Waals surface area contributed by atoms with Crippen LogP contribution in [0.3, 0.4) is 0 Å². The van der Waals surface area contributed by atoms with E-state index in [-0.39, 0.29) is 16.9 Å². The minimum Gasteiger partial charge on any atom is -0.270 e. The van der Waals surface area contributed by atoms with Crippen molar-refractivity contribution in [3.05, 3.63) is 10.5 Å². The van der Waals surface area contributed by atoms with E-state index in [1.54, 1.807) is 6.92 Å². The first-order chi connectivity index (χ1) is 5.65. The second-order valence-corrected chi connectivity index (χ2v) is 2.89. The fraction of sp³-hybridized carbons (Fsp3) is 0.600. The number of rotatable bonds is 3. The third-order valence-corrected chi connectivity index (χ3v) is 1.93. The molecule has 68 valence electrons. The van der Waals surface area contributed by atoms with Crippen LogP contribution in [-0.4, -0.2) is 20.5 Å².